The van der Waals surface area contributed by atoms with Gasteiger partial charge in [0.05, 0.1) is 18.2 Å². The van der Waals surface area contributed by atoms with Gasteiger partial charge in [-0.25, -0.2) is 9.37 Å². The molecule has 94 valence electrons. The zero-order chi connectivity index (χ0) is 12.5. The van der Waals surface area contributed by atoms with Gasteiger partial charge in [-0.15, -0.1) is 0 Å². The van der Waals surface area contributed by atoms with E-state index in [2.05, 4.69) is 9.55 Å². The Kier molecular flexibility index (Phi) is 2.78. The smallest absolute Gasteiger partial charge is 0.130 e. The standard InChI is InChI=1S/C14H15FN2O/c1-10-2-3-11(15)6-14(10)18-8-13-7-16-9-17(13)12-4-5-12/h2-3,6-7,9,12H,4-5,8H2,1H3. The summed E-state index contributed by atoms with van der Waals surface area (Å²) >= 11 is 0. The molecule has 0 spiro atoms. The van der Waals surface area contributed by atoms with Gasteiger partial charge in [0, 0.05) is 12.1 Å². The van der Waals surface area contributed by atoms with Crippen LogP contribution in [0.5, 0.6) is 5.75 Å². The fourth-order valence-corrected chi connectivity index (χ4v) is 2.01. The second-order valence-corrected chi connectivity index (χ2v) is 4.72. The lowest BCUT2D eigenvalue weighted by Gasteiger charge is -2.10. The number of aromatic nitrogens is 2. The number of imidazole rings is 1. The van der Waals surface area contributed by atoms with E-state index in [9.17, 15) is 4.39 Å². The van der Waals surface area contributed by atoms with E-state index in [0.717, 1.165) is 11.3 Å². The minimum Gasteiger partial charge on any atom is -0.487 e. The summed E-state index contributed by atoms with van der Waals surface area (Å²) in [6.07, 6.45) is 6.08. The lowest BCUT2D eigenvalue weighted by atomic mass is 10.2. The third-order valence-corrected chi connectivity index (χ3v) is 3.21. The highest BCUT2D eigenvalue weighted by Gasteiger charge is 2.25. The lowest BCUT2D eigenvalue weighted by molar-refractivity contribution is 0.291. The van der Waals surface area contributed by atoms with Crippen LogP contribution in [-0.2, 0) is 6.61 Å². The fraction of sp³-hybridized carbons (Fsp3) is 0.357. The van der Waals surface area contributed by atoms with E-state index in [1.54, 1.807) is 6.07 Å². The maximum Gasteiger partial charge on any atom is 0.130 e. The summed E-state index contributed by atoms with van der Waals surface area (Å²) in [7, 11) is 0. The van der Waals surface area contributed by atoms with Crippen molar-refractivity contribution in [3.05, 3.63) is 47.8 Å². The average Bonchev–Trinajstić information content (AvgIpc) is 3.10. The number of nitrogens with zero attached hydrogens (tertiary/aromatic N) is 2. The van der Waals surface area contributed by atoms with Crippen LogP contribution in [0, 0.1) is 12.7 Å². The lowest BCUT2D eigenvalue weighted by Crippen LogP contribution is -2.04. The second-order valence-electron chi connectivity index (χ2n) is 4.72. The first-order valence-electron chi connectivity index (χ1n) is 6.13. The fourth-order valence-electron chi connectivity index (χ4n) is 2.01. The normalized spacial score (nSPS) is 14.8. The van der Waals surface area contributed by atoms with Crippen molar-refractivity contribution in [2.75, 3.05) is 0 Å². The molecule has 0 N–H and O–H groups in total. The van der Waals surface area contributed by atoms with Crippen molar-refractivity contribution >= 4 is 0 Å². The number of halogens is 1. The van der Waals surface area contributed by atoms with Gasteiger partial charge in [0.1, 0.15) is 18.2 Å². The number of ether oxygens (including phenoxy) is 1. The molecule has 1 fully saturated rings. The molecule has 0 atom stereocenters. The molecule has 1 aliphatic carbocycles. The van der Waals surface area contributed by atoms with Gasteiger partial charge < -0.3 is 9.30 Å². The summed E-state index contributed by atoms with van der Waals surface area (Å²) in [6.45, 7) is 2.34. The number of benzene rings is 1. The monoisotopic (exact) mass is 246 g/mol. The summed E-state index contributed by atoms with van der Waals surface area (Å²) in [5, 5.41) is 0. The Labute approximate surface area is 105 Å². The third-order valence-electron chi connectivity index (χ3n) is 3.21. The van der Waals surface area contributed by atoms with Gasteiger partial charge in [-0.05, 0) is 31.4 Å². The highest BCUT2D eigenvalue weighted by Crippen LogP contribution is 2.35. The summed E-state index contributed by atoms with van der Waals surface area (Å²) in [6, 6.07) is 5.17. The van der Waals surface area contributed by atoms with Gasteiger partial charge in [-0.2, -0.15) is 0 Å². The van der Waals surface area contributed by atoms with Crippen molar-refractivity contribution in [1.29, 1.82) is 0 Å². The number of hydrogen-bond donors (Lipinski definition) is 0. The summed E-state index contributed by atoms with van der Waals surface area (Å²) in [5.74, 6) is 0.324. The molecule has 0 radical (unpaired) electrons. The largest absolute Gasteiger partial charge is 0.487 e. The SMILES string of the molecule is Cc1ccc(F)cc1OCc1cncn1C1CC1. The van der Waals surface area contributed by atoms with Crippen molar-refractivity contribution in [3.63, 3.8) is 0 Å². The molecule has 1 saturated carbocycles. The highest BCUT2D eigenvalue weighted by atomic mass is 19.1. The first-order valence-corrected chi connectivity index (χ1v) is 6.13. The topological polar surface area (TPSA) is 27.1 Å². The Hall–Kier alpha value is -1.84. The molecule has 0 aliphatic heterocycles. The molecule has 3 nitrogen and oxygen atoms in total. The van der Waals surface area contributed by atoms with Crippen LogP contribution >= 0.6 is 0 Å². The molecule has 0 amide bonds. The number of aryl methyl sites for hydroxylation is 1. The average molecular weight is 246 g/mol. The van der Waals surface area contributed by atoms with Crippen LogP contribution in [0.25, 0.3) is 0 Å². The van der Waals surface area contributed by atoms with Crippen molar-refractivity contribution in [2.45, 2.75) is 32.4 Å². The molecule has 0 bridgehead atoms. The number of rotatable bonds is 4. The molecule has 1 aromatic carbocycles. The van der Waals surface area contributed by atoms with E-state index in [0.29, 0.717) is 18.4 Å². The van der Waals surface area contributed by atoms with E-state index in [1.165, 1.54) is 25.0 Å². The van der Waals surface area contributed by atoms with Crippen molar-refractivity contribution in [1.82, 2.24) is 9.55 Å². The molecule has 1 aliphatic rings. The zero-order valence-corrected chi connectivity index (χ0v) is 10.3. The predicted molar refractivity (Wildman–Crippen MR) is 66.0 cm³/mol. The highest BCUT2D eigenvalue weighted by molar-refractivity contribution is 5.32. The molecule has 3 rings (SSSR count). The Bertz CT molecular complexity index is 561. The van der Waals surface area contributed by atoms with Crippen molar-refractivity contribution in [3.8, 4) is 5.75 Å². The molecule has 4 heteroatoms. The van der Waals surface area contributed by atoms with E-state index in [-0.39, 0.29) is 5.82 Å². The molecular formula is C14H15FN2O. The van der Waals surface area contributed by atoms with E-state index in [4.69, 9.17) is 4.74 Å². The van der Waals surface area contributed by atoms with Gasteiger partial charge in [-0.1, -0.05) is 6.07 Å². The van der Waals surface area contributed by atoms with Crippen LogP contribution < -0.4 is 4.74 Å². The van der Waals surface area contributed by atoms with Crippen molar-refractivity contribution in [2.24, 2.45) is 0 Å². The van der Waals surface area contributed by atoms with Crippen LogP contribution in [0.2, 0.25) is 0 Å². The van der Waals surface area contributed by atoms with Crippen LogP contribution in [0.15, 0.2) is 30.7 Å². The van der Waals surface area contributed by atoms with E-state index < -0.39 is 0 Å². The first kappa shape index (κ1) is 11.3. The Morgan fingerprint density at radius 2 is 2.28 bits per heavy atom. The minimum atomic E-state index is -0.272. The van der Waals surface area contributed by atoms with Gasteiger partial charge in [0.25, 0.3) is 0 Å². The Morgan fingerprint density at radius 3 is 3.06 bits per heavy atom. The molecular weight excluding hydrogens is 231 g/mol. The maximum atomic E-state index is 13.1. The molecule has 18 heavy (non-hydrogen) atoms. The van der Waals surface area contributed by atoms with Gasteiger partial charge in [0.15, 0.2) is 0 Å². The first-order chi connectivity index (χ1) is 8.74. The van der Waals surface area contributed by atoms with Gasteiger partial charge in [0.2, 0.25) is 0 Å². The molecule has 0 saturated heterocycles. The van der Waals surface area contributed by atoms with Crippen LogP contribution in [0.3, 0.4) is 0 Å². The number of hydrogen-bond acceptors (Lipinski definition) is 2. The summed E-state index contributed by atoms with van der Waals surface area (Å²) in [4.78, 5) is 4.14. The van der Waals surface area contributed by atoms with Gasteiger partial charge in [-0.3, -0.25) is 0 Å². The quantitative estimate of drug-likeness (QED) is 0.828. The zero-order valence-electron chi connectivity index (χ0n) is 10.3. The Balaban J connectivity index is 1.73. The Morgan fingerprint density at radius 1 is 1.44 bits per heavy atom. The molecule has 1 aromatic heterocycles. The van der Waals surface area contributed by atoms with E-state index >= 15 is 0 Å². The maximum absolute atomic E-state index is 13.1. The third kappa shape index (κ3) is 2.23. The minimum absolute atomic E-state index is 0.272. The predicted octanol–water partition coefficient (Wildman–Crippen LogP) is 3.24. The van der Waals surface area contributed by atoms with E-state index in [1.807, 2.05) is 19.4 Å². The van der Waals surface area contributed by atoms with Gasteiger partial charge >= 0.3 is 0 Å². The summed E-state index contributed by atoms with van der Waals surface area (Å²) < 4.78 is 21.0. The summed E-state index contributed by atoms with van der Waals surface area (Å²) in [5.41, 5.74) is 1.98. The van der Waals surface area contributed by atoms with Crippen LogP contribution in [-0.4, -0.2) is 9.55 Å². The molecule has 2 aromatic rings. The van der Waals surface area contributed by atoms with Crippen molar-refractivity contribution < 1.29 is 9.13 Å². The van der Waals surface area contributed by atoms with Crippen LogP contribution in [0.1, 0.15) is 30.1 Å². The molecule has 1 heterocycles. The second kappa shape index (κ2) is 4.44. The van der Waals surface area contributed by atoms with Crippen LogP contribution in [0.4, 0.5) is 4.39 Å². The molecule has 0 unspecified atom stereocenters.